The van der Waals surface area contributed by atoms with E-state index in [4.69, 9.17) is 15.1 Å². The van der Waals surface area contributed by atoms with E-state index in [-0.39, 0.29) is 0 Å². The molecule has 4 aromatic rings. The molecule has 3 fully saturated rings. The number of hydrogen-bond acceptors (Lipinski definition) is 12. The number of halogens is 1. The number of nitrogens with zero attached hydrogens (tertiary/aromatic N) is 6. The van der Waals surface area contributed by atoms with Crippen LogP contribution in [0.15, 0.2) is 53.5 Å². The van der Waals surface area contributed by atoms with Crippen molar-refractivity contribution in [2.24, 2.45) is 11.8 Å². The maximum Gasteiger partial charge on any atom is 0.229 e. The molecule has 3 aliphatic rings. The summed E-state index contributed by atoms with van der Waals surface area (Å²) in [6, 6.07) is 8.35. The number of nitrogens with one attached hydrogen (secondary N) is 4. The minimum atomic E-state index is -2.78. The van der Waals surface area contributed by atoms with Crippen molar-refractivity contribution in [3.05, 3.63) is 59.1 Å². The molecule has 50 heavy (non-hydrogen) atoms. The minimum absolute atomic E-state index is 0.336. The Kier molecular flexibility index (Phi) is 9.82. The lowest BCUT2D eigenvalue weighted by molar-refractivity contribution is 0.201. The van der Waals surface area contributed by atoms with Crippen molar-refractivity contribution >= 4 is 80.0 Å². The molecule has 4 N–H and O–H groups in total. The summed E-state index contributed by atoms with van der Waals surface area (Å²) in [5.41, 5.74) is 5.29. The predicted molar refractivity (Wildman–Crippen MR) is 207 cm³/mol. The van der Waals surface area contributed by atoms with Crippen LogP contribution in [0, 0.1) is 17.2 Å². The molecule has 1 saturated carbocycles. The van der Waals surface area contributed by atoms with Gasteiger partial charge in [-0.25, -0.2) is 4.98 Å². The number of aromatic nitrogens is 4. The Bertz CT molecular complexity index is 2000. The molecule has 2 aliphatic heterocycles. The van der Waals surface area contributed by atoms with Crippen LogP contribution in [0.5, 0.6) is 5.75 Å². The molecule has 7 rings (SSSR count). The largest absolute Gasteiger partial charge is 0.494 e. The molecular weight excluding hydrogens is 715 g/mol. The molecule has 0 unspecified atom stereocenters. The Morgan fingerprint density at radius 1 is 1.08 bits per heavy atom. The second kappa shape index (κ2) is 14.3. The molecular formula is C36H44BrN10O2P. The summed E-state index contributed by atoms with van der Waals surface area (Å²) in [6.07, 6.45) is 13.3. The normalized spacial score (nSPS) is 19.7. The third-order valence-corrected chi connectivity index (χ3v) is 12.1. The summed E-state index contributed by atoms with van der Waals surface area (Å²) in [4.78, 5) is 23.5. The summed E-state index contributed by atoms with van der Waals surface area (Å²) in [5.74, 6) is 3.08. The van der Waals surface area contributed by atoms with Gasteiger partial charge in [-0.2, -0.15) is 4.98 Å². The van der Waals surface area contributed by atoms with Crippen LogP contribution in [0.3, 0.4) is 0 Å². The summed E-state index contributed by atoms with van der Waals surface area (Å²) in [6.45, 7) is 7.78. The maximum absolute atomic E-state index is 13.5. The van der Waals surface area contributed by atoms with E-state index in [0.29, 0.717) is 55.7 Å². The van der Waals surface area contributed by atoms with E-state index in [1.165, 1.54) is 38.6 Å². The average molecular weight is 760 g/mol. The van der Waals surface area contributed by atoms with Crippen LogP contribution in [-0.4, -0.2) is 90.8 Å². The Balaban J connectivity index is 1.22. The molecule has 262 valence electrons. The summed E-state index contributed by atoms with van der Waals surface area (Å²) in [7, 11) is 0.736. The molecule has 1 aliphatic carbocycles. The van der Waals surface area contributed by atoms with Crippen molar-refractivity contribution in [3.8, 4) is 5.75 Å². The van der Waals surface area contributed by atoms with Crippen molar-refractivity contribution < 1.29 is 9.30 Å². The smallest absolute Gasteiger partial charge is 0.229 e. The summed E-state index contributed by atoms with van der Waals surface area (Å²) < 4.78 is 20.1. The molecule has 4 heterocycles. The molecule has 2 aromatic heterocycles. The number of allylic oxidation sites excluding steroid dienone is 1. The van der Waals surface area contributed by atoms with Gasteiger partial charge in [0.2, 0.25) is 5.95 Å². The summed E-state index contributed by atoms with van der Waals surface area (Å²) >= 11 is 3.59. The lowest BCUT2D eigenvalue weighted by Crippen LogP contribution is -2.49. The number of methoxy groups -OCH3 is 1. The van der Waals surface area contributed by atoms with Gasteiger partial charge in [-0.05, 0) is 91.5 Å². The number of ether oxygens (including phenoxy) is 1. The van der Waals surface area contributed by atoms with E-state index in [2.05, 4.69) is 62.7 Å². The fourth-order valence-corrected chi connectivity index (χ4v) is 9.10. The first-order valence-electron chi connectivity index (χ1n) is 17.1. The van der Waals surface area contributed by atoms with E-state index in [1.54, 1.807) is 39.0 Å². The molecule has 0 bridgehead atoms. The van der Waals surface area contributed by atoms with Gasteiger partial charge in [0.05, 0.1) is 33.8 Å². The van der Waals surface area contributed by atoms with Crippen molar-refractivity contribution in [1.82, 2.24) is 30.2 Å². The quantitative estimate of drug-likeness (QED) is 0.0936. The highest BCUT2D eigenvalue weighted by Crippen LogP contribution is 2.43. The van der Waals surface area contributed by atoms with Crippen molar-refractivity contribution in [2.75, 3.05) is 69.2 Å². The van der Waals surface area contributed by atoms with Gasteiger partial charge in [-0.3, -0.25) is 14.9 Å². The van der Waals surface area contributed by atoms with Crippen molar-refractivity contribution in [2.45, 2.75) is 31.7 Å². The van der Waals surface area contributed by atoms with Crippen LogP contribution in [-0.2, 0) is 4.57 Å². The van der Waals surface area contributed by atoms with Gasteiger partial charge in [-0.1, -0.05) is 0 Å². The SMILES string of the molecule is CN/C=C(\C=N)c1cc(Nc2ncc(Br)c(Nc3ccc4nccnc4c3P(C)(C)=O)n2)c(OC)cc1N1CC[C@H]2CCN(CC3CC3)[C@@H]2C1. The molecule has 0 spiro atoms. The number of fused-ring (bicyclic) bond motifs is 2. The second-order valence-corrected chi connectivity index (χ2v) is 17.8. The second-order valence-electron chi connectivity index (χ2n) is 13.8. The van der Waals surface area contributed by atoms with Gasteiger partial charge in [0.25, 0.3) is 0 Å². The van der Waals surface area contributed by atoms with Crippen LogP contribution in [0.2, 0.25) is 0 Å². The van der Waals surface area contributed by atoms with E-state index in [0.717, 1.165) is 48.2 Å². The Hall–Kier alpha value is -4.06. The monoisotopic (exact) mass is 758 g/mol. The third-order valence-electron chi connectivity index (χ3n) is 9.99. The highest BCUT2D eigenvalue weighted by Gasteiger charge is 2.41. The van der Waals surface area contributed by atoms with Crippen LogP contribution in [0.4, 0.5) is 28.8 Å². The molecule has 14 heteroatoms. The summed E-state index contributed by atoms with van der Waals surface area (Å²) in [5, 5.41) is 18.8. The predicted octanol–water partition coefficient (Wildman–Crippen LogP) is 6.45. The first-order valence-corrected chi connectivity index (χ1v) is 20.5. The Labute approximate surface area is 301 Å². The molecule has 0 radical (unpaired) electrons. The maximum atomic E-state index is 13.5. The number of anilines is 5. The first-order chi connectivity index (χ1) is 24.2. The van der Waals surface area contributed by atoms with E-state index < -0.39 is 7.14 Å². The fourth-order valence-electron chi connectivity index (χ4n) is 7.42. The molecule has 2 aromatic carbocycles. The first kappa shape index (κ1) is 34.4. The van der Waals surface area contributed by atoms with Gasteiger partial charge in [-0.15, -0.1) is 0 Å². The lowest BCUT2D eigenvalue weighted by Gasteiger charge is -2.41. The highest BCUT2D eigenvalue weighted by molar-refractivity contribution is 9.10. The number of rotatable bonds is 12. The number of likely N-dealkylation sites (tertiary alicyclic amines) is 1. The van der Waals surface area contributed by atoms with Gasteiger partial charge in [0, 0.05) is 86.6 Å². The van der Waals surface area contributed by atoms with Crippen LogP contribution in [0.25, 0.3) is 16.6 Å². The molecule has 0 amide bonds. The van der Waals surface area contributed by atoms with E-state index >= 15 is 0 Å². The third kappa shape index (κ3) is 7.08. The topological polar surface area (TPSA) is 144 Å². The number of piperidine rings is 1. The average Bonchev–Trinajstić information content (AvgIpc) is 3.85. The van der Waals surface area contributed by atoms with Crippen molar-refractivity contribution in [3.63, 3.8) is 0 Å². The van der Waals surface area contributed by atoms with Gasteiger partial charge in [0.1, 0.15) is 24.2 Å². The zero-order chi connectivity index (χ0) is 35.0. The zero-order valence-corrected chi connectivity index (χ0v) is 31.4. The van der Waals surface area contributed by atoms with Crippen LogP contribution in [0.1, 0.15) is 31.2 Å². The van der Waals surface area contributed by atoms with E-state index in [1.807, 2.05) is 31.4 Å². The highest BCUT2D eigenvalue weighted by atomic mass is 79.9. The van der Waals surface area contributed by atoms with Crippen LogP contribution >= 0.6 is 23.1 Å². The van der Waals surface area contributed by atoms with E-state index in [9.17, 15) is 4.57 Å². The Morgan fingerprint density at radius 2 is 1.88 bits per heavy atom. The van der Waals surface area contributed by atoms with Gasteiger partial charge in [0.15, 0.2) is 0 Å². The number of hydrogen-bond donors (Lipinski definition) is 4. The molecule has 2 saturated heterocycles. The lowest BCUT2D eigenvalue weighted by atomic mass is 9.90. The molecule has 12 nitrogen and oxygen atoms in total. The zero-order valence-electron chi connectivity index (χ0n) is 28.9. The Morgan fingerprint density at radius 3 is 2.62 bits per heavy atom. The molecule has 2 atom stereocenters. The number of benzene rings is 2. The minimum Gasteiger partial charge on any atom is -0.494 e. The van der Waals surface area contributed by atoms with Gasteiger partial charge < -0.3 is 35.6 Å². The van der Waals surface area contributed by atoms with Crippen molar-refractivity contribution in [1.29, 1.82) is 5.41 Å². The van der Waals surface area contributed by atoms with Gasteiger partial charge >= 0.3 is 0 Å². The standard InChI is InChI=1S/C36H44BrN10O2P/c1-39-18-24(17-38)25-15-29(32(49-2)16-30(25)47-14-10-23-9-13-46(31(23)21-47)20-22-5-6-22)44-36-42-19-26(37)35(45-36)43-28-8-7-27-33(41-12-11-40-27)34(28)50(3,4)48/h7-8,11-12,15-19,22-23,31,38-39H,5-6,9-10,13-14,20-21H2,1-4H3,(H2,42,43,44,45)/b24-18+,38-17?/t23-,31-/m1/s1. The van der Waals surface area contributed by atoms with Crippen LogP contribution < -0.4 is 30.9 Å². The fraction of sp³-hybridized carbons (Fsp3) is 0.417.